The summed E-state index contributed by atoms with van der Waals surface area (Å²) < 4.78 is 13.2. The summed E-state index contributed by atoms with van der Waals surface area (Å²) in [6.45, 7) is 5.35. The Morgan fingerprint density at radius 2 is 2.00 bits per heavy atom. The van der Waals surface area contributed by atoms with Crippen LogP contribution in [0.5, 0.6) is 0 Å². The maximum Gasteiger partial charge on any atom is 0.234 e. The van der Waals surface area contributed by atoms with Crippen LogP contribution in [0.3, 0.4) is 0 Å². The normalized spacial score (nSPS) is 23.0. The smallest absolute Gasteiger partial charge is 0.234 e. The van der Waals surface area contributed by atoms with E-state index in [2.05, 4.69) is 22.5 Å². The Labute approximate surface area is 156 Å². The van der Waals surface area contributed by atoms with Crippen molar-refractivity contribution >= 4 is 18.3 Å². The van der Waals surface area contributed by atoms with Gasteiger partial charge in [-0.15, -0.1) is 12.4 Å². The lowest BCUT2D eigenvalue weighted by molar-refractivity contribution is -0.124. The van der Waals surface area contributed by atoms with Crippen molar-refractivity contribution in [3.8, 4) is 0 Å². The summed E-state index contributed by atoms with van der Waals surface area (Å²) in [5.41, 5.74) is 1.02. The van der Waals surface area contributed by atoms with E-state index in [4.69, 9.17) is 0 Å². The number of nitrogens with zero attached hydrogens (tertiary/aromatic N) is 1. The Bertz CT molecular complexity index is 548. The molecule has 1 aromatic rings. The fraction of sp³-hybridized carbons (Fsp3) is 0.632. The molecule has 0 radical (unpaired) electrons. The molecule has 0 bridgehead atoms. The van der Waals surface area contributed by atoms with Crippen LogP contribution in [-0.2, 0) is 4.79 Å². The van der Waals surface area contributed by atoms with Gasteiger partial charge in [0.1, 0.15) is 5.82 Å². The Hall–Kier alpha value is -1.17. The van der Waals surface area contributed by atoms with E-state index in [9.17, 15) is 9.18 Å². The molecule has 1 amide bonds. The van der Waals surface area contributed by atoms with Crippen LogP contribution in [0, 0.1) is 11.7 Å². The molecule has 25 heavy (non-hydrogen) atoms. The predicted octanol–water partition coefficient (Wildman–Crippen LogP) is 2.89. The summed E-state index contributed by atoms with van der Waals surface area (Å²) in [5, 5.41) is 6.58. The molecule has 2 atom stereocenters. The van der Waals surface area contributed by atoms with E-state index in [1.54, 1.807) is 0 Å². The summed E-state index contributed by atoms with van der Waals surface area (Å²) >= 11 is 0. The first-order valence-corrected chi connectivity index (χ1v) is 9.13. The largest absolute Gasteiger partial charge is 0.348 e. The molecule has 4 nitrogen and oxygen atoms in total. The monoisotopic (exact) mass is 369 g/mol. The number of hydrogen-bond donors (Lipinski definition) is 2. The maximum absolute atomic E-state index is 13.2. The molecule has 6 heteroatoms. The van der Waals surface area contributed by atoms with Gasteiger partial charge in [0.05, 0.1) is 12.6 Å². The van der Waals surface area contributed by atoms with Crippen molar-refractivity contribution in [2.24, 2.45) is 5.92 Å². The molecule has 140 valence electrons. The molecule has 2 fully saturated rings. The van der Waals surface area contributed by atoms with Gasteiger partial charge >= 0.3 is 0 Å². The van der Waals surface area contributed by atoms with E-state index in [1.807, 2.05) is 12.1 Å². The standard InChI is InChI=1S/C19H28FN3O.ClH/c1-14-12-21-10-11-23(14)13-18(24)22-19(15-4-2-3-5-15)16-6-8-17(20)9-7-16;/h6-9,14-15,19,21H,2-5,10-13H2,1H3,(H,22,24);1H/t14-,19?;/m0./s1. The zero-order chi connectivity index (χ0) is 16.9. The fourth-order valence-electron chi connectivity index (χ4n) is 3.96. The molecule has 1 saturated heterocycles. The lowest BCUT2D eigenvalue weighted by atomic mass is 9.91. The minimum atomic E-state index is -0.232. The second-order valence-corrected chi connectivity index (χ2v) is 7.16. The molecule has 0 spiro atoms. The van der Waals surface area contributed by atoms with Crippen molar-refractivity contribution in [1.29, 1.82) is 0 Å². The molecule has 2 N–H and O–H groups in total. The van der Waals surface area contributed by atoms with Gasteiger partial charge in [-0.2, -0.15) is 0 Å². The quantitative estimate of drug-likeness (QED) is 0.838. The topological polar surface area (TPSA) is 44.4 Å². The van der Waals surface area contributed by atoms with Gasteiger partial charge in [-0.25, -0.2) is 4.39 Å². The number of rotatable bonds is 5. The van der Waals surface area contributed by atoms with Gasteiger partial charge in [0, 0.05) is 25.7 Å². The second-order valence-electron chi connectivity index (χ2n) is 7.16. The zero-order valence-corrected chi connectivity index (χ0v) is 15.7. The number of nitrogens with one attached hydrogen (secondary N) is 2. The molecule has 1 heterocycles. The third-order valence-corrected chi connectivity index (χ3v) is 5.40. The Kier molecular flexibility index (Phi) is 7.66. The van der Waals surface area contributed by atoms with Crippen LogP contribution in [0.4, 0.5) is 4.39 Å². The van der Waals surface area contributed by atoms with Crippen LogP contribution >= 0.6 is 12.4 Å². The molecular weight excluding hydrogens is 341 g/mol. The summed E-state index contributed by atoms with van der Waals surface area (Å²) in [4.78, 5) is 14.8. The van der Waals surface area contributed by atoms with Crippen molar-refractivity contribution in [3.05, 3.63) is 35.6 Å². The molecule has 1 unspecified atom stereocenters. The van der Waals surface area contributed by atoms with Gasteiger partial charge < -0.3 is 10.6 Å². The predicted molar refractivity (Wildman–Crippen MR) is 100 cm³/mol. The van der Waals surface area contributed by atoms with Gasteiger partial charge in [0.25, 0.3) is 0 Å². The first kappa shape index (κ1) is 20.1. The Morgan fingerprint density at radius 3 is 2.64 bits per heavy atom. The maximum atomic E-state index is 13.2. The van der Waals surface area contributed by atoms with Gasteiger partial charge in [-0.3, -0.25) is 9.69 Å². The Balaban J connectivity index is 0.00000225. The van der Waals surface area contributed by atoms with Crippen LogP contribution < -0.4 is 10.6 Å². The first-order chi connectivity index (χ1) is 11.6. The van der Waals surface area contributed by atoms with Gasteiger partial charge in [-0.1, -0.05) is 25.0 Å². The minimum absolute atomic E-state index is 0. The first-order valence-electron chi connectivity index (χ1n) is 9.13. The highest BCUT2D eigenvalue weighted by molar-refractivity contribution is 5.85. The van der Waals surface area contributed by atoms with Gasteiger partial charge in [0.15, 0.2) is 0 Å². The zero-order valence-electron chi connectivity index (χ0n) is 14.8. The molecule has 1 aliphatic heterocycles. The third-order valence-electron chi connectivity index (χ3n) is 5.40. The average Bonchev–Trinajstić information content (AvgIpc) is 3.10. The number of benzene rings is 1. The number of hydrogen-bond acceptors (Lipinski definition) is 3. The van der Waals surface area contributed by atoms with E-state index in [0.29, 0.717) is 18.5 Å². The van der Waals surface area contributed by atoms with Crippen LogP contribution in [0.2, 0.25) is 0 Å². The summed E-state index contributed by atoms with van der Waals surface area (Å²) in [6.07, 6.45) is 4.69. The van der Waals surface area contributed by atoms with Crippen molar-refractivity contribution in [1.82, 2.24) is 15.5 Å². The van der Waals surface area contributed by atoms with Crippen LogP contribution in [0.15, 0.2) is 24.3 Å². The summed E-state index contributed by atoms with van der Waals surface area (Å²) in [5.74, 6) is 0.301. The van der Waals surface area contributed by atoms with E-state index < -0.39 is 0 Å². The SMILES string of the molecule is C[C@H]1CNCCN1CC(=O)NC(c1ccc(F)cc1)C1CCCC1.Cl. The van der Waals surface area contributed by atoms with Gasteiger partial charge in [0.2, 0.25) is 5.91 Å². The van der Waals surface area contributed by atoms with Crippen LogP contribution in [0.25, 0.3) is 0 Å². The minimum Gasteiger partial charge on any atom is -0.348 e. The van der Waals surface area contributed by atoms with E-state index in [0.717, 1.165) is 38.0 Å². The van der Waals surface area contributed by atoms with Crippen LogP contribution in [0.1, 0.15) is 44.2 Å². The highest BCUT2D eigenvalue weighted by Crippen LogP contribution is 2.35. The van der Waals surface area contributed by atoms with Gasteiger partial charge in [-0.05, 0) is 43.4 Å². The highest BCUT2D eigenvalue weighted by atomic mass is 35.5. The van der Waals surface area contributed by atoms with Crippen molar-refractivity contribution in [2.45, 2.75) is 44.7 Å². The number of amides is 1. The van der Waals surface area contributed by atoms with E-state index in [-0.39, 0.29) is 30.2 Å². The lowest BCUT2D eigenvalue weighted by Gasteiger charge is -2.34. The Morgan fingerprint density at radius 1 is 1.32 bits per heavy atom. The van der Waals surface area contributed by atoms with Crippen LogP contribution in [-0.4, -0.2) is 43.0 Å². The number of carbonyl (C=O) groups is 1. The highest BCUT2D eigenvalue weighted by Gasteiger charge is 2.29. The molecule has 0 aromatic heterocycles. The fourth-order valence-corrected chi connectivity index (χ4v) is 3.96. The number of carbonyl (C=O) groups excluding carboxylic acids is 1. The lowest BCUT2D eigenvalue weighted by Crippen LogP contribution is -2.53. The molecule has 1 aromatic carbocycles. The molecule has 3 rings (SSSR count). The number of halogens is 2. The average molecular weight is 370 g/mol. The molecule has 1 aliphatic carbocycles. The molecule has 1 saturated carbocycles. The number of piperazine rings is 1. The van der Waals surface area contributed by atoms with Crippen molar-refractivity contribution in [2.75, 3.05) is 26.2 Å². The third kappa shape index (κ3) is 5.40. The summed E-state index contributed by atoms with van der Waals surface area (Å²) in [6, 6.07) is 6.97. The molecule has 2 aliphatic rings. The van der Waals surface area contributed by atoms with Crippen molar-refractivity contribution in [3.63, 3.8) is 0 Å². The van der Waals surface area contributed by atoms with E-state index in [1.165, 1.54) is 25.0 Å². The van der Waals surface area contributed by atoms with Crippen molar-refractivity contribution < 1.29 is 9.18 Å². The summed E-state index contributed by atoms with van der Waals surface area (Å²) in [7, 11) is 0. The second kappa shape index (κ2) is 9.51. The van der Waals surface area contributed by atoms with E-state index >= 15 is 0 Å². The molecular formula is C19H29ClFN3O.